The van der Waals surface area contributed by atoms with Gasteiger partial charge in [0.25, 0.3) is 5.91 Å². The molecular weight excluding hydrogens is 422 g/mol. The molecule has 1 aliphatic rings. The molecule has 0 saturated carbocycles. The van der Waals surface area contributed by atoms with Gasteiger partial charge < -0.3 is 9.64 Å². The molecule has 4 aromatic rings. The number of ether oxygens (including phenoxy) is 1. The van der Waals surface area contributed by atoms with Crippen LogP contribution in [0.2, 0.25) is 0 Å². The van der Waals surface area contributed by atoms with E-state index < -0.39 is 0 Å². The van der Waals surface area contributed by atoms with Crippen LogP contribution in [0.4, 0.5) is 0 Å². The van der Waals surface area contributed by atoms with Crippen LogP contribution < -0.4 is 4.74 Å². The number of fused-ring (bicyclic) bond motifs is 1. The molecule has 2 heterocycles. The van der Waals surface area contributed by atoms with Gasteiger partial charge in [-0.15, -0.1) is 0 Å². The molecule has 0 aliphatic carbocycles. The second kappa shape index (κ2) is 8.98. The first-order valence-corrected chi connectivity index (χ1v) is 12.0. The second-order valence-electron chi connectivity index (χ2n) is 9.28. The summed E-state index contributed by atoms with van der Waals surface area (Å²) >= 11 is 0. The van der Waals surface area contributed by atoms with E-state index in [0.717, 1.165) is 70.8 Å². The lowest BCUT2D eigenvalue weighted by molar-refractivity contribution is 0.0597. The van der Waals surface area contributed by atoms with E-state index in [9.17, 15) is 4.79 Å². The predicted octanol–water partition coefficient (Wildman–Crippen LogP) is 6.33. The van der Waals surface area contributed by atoms with Gasteiger partial charge in [0.2, 0.25) is 0 Å². The number of aromatic nitrogens is 2. The smallest absolute Gasteiger partial charge is 0.255 e. The Balaban J connectivity index is 1.64. The molecule has 1 saturated heterocycles. The zero-order valence-electron chi connectivity index (χ0n) is 20.3. The minimum absolute atomic E-state index is 0.0872. The zero-order valence-corrected chi connectivity index (χ0v) is 20.3. The number of likely N-dealkylation sites (tertiary alicyclic amines) is 1. The van der Waals surface area contributed by atoms with Gasteiger partial charge in [-0.25, -0.2) is 4.98 Å². The summed E-state index contributed by atoms with van der Waals surface area (Å²) in [7, 11) is 1.67. The molecule has 34 heavy (non-hydrogen) atoms. The lowest BCUT2D eigenvalue weighted by Gasteiger charge is -2.36. The van der Waals surface area contributed by atoms with Crippen LogP contribution in [-0.2, 0) is 0 Å². The van der Waals surface area contributed by atoms with Gasteiger partial charge in [0, 0.05) is 17.8 Å². The predicted molar refractivity (Wildman–Crippen MR) is 136 cm³/mol. The van der Waals surface area contributed by atoms with Crippen molar-refractivity contribution in [3.05, 3.63) is 88.7 Å². The van der Waals surface area contributed by atoms with Gasteiger partial charge in [-0.1, -0.05) is 29.8 Å². The van der Waals surface area contributed by atoms with E-state index in [2.05, 4.69) is 46.7 Å². The summed E-state index contributed by atoms with van der Waals surface area (Å²) in [5.74, 6) is 1.84. The van der Waals surface area contributed by atoms with Crippen molar-refractivity contribution in [3.63, 3.8) is 0 Å². The highest BCUT2D eigenvalue weighted by Gasteiger charge is 2.34. The van der Waals surface area contributed by atoms with Crippen LogP contribution in [0.1, 0.15) is 58.2 Å². The monoisotopic (exact) mass is 453 g/mol. The van der Waals surface area contributed by atoms with Crippen LogP contribution in [0.15, 0.2) is 60.7 Å². The molecule has 0 spiro atoms. The molecule has 1 aliphatic heterocycles. The van der Waals surface area contributed by atoms with Crippen molar-refractivity contribution >= 4 is 16.9 Å². The minimum atomic E-state index is -0.0872. The molecule has 5 heteroatoms. The van der Waals surface area contributed by atoms with Gasteiger partial charge in [0.15, 0.2) is 0 Å². The first-order valence-electron chi connectivity index (χ1n) is 12.0. The number of nitrogens with zero attached hydrogens (tertiary/aromatic N) is 3. The largest absolute Gasteiger partial charge is 0.497 e. The van der Waals surface area contributed by atoms with Crippen molar-refractivity contribution in [1.82, 2.24) is 14.5 Å². The van der Waals surface area contributed by atoms with Gasteiger partial charge in [-0.3, -0.25) is 9.36 Å². The number of carbonyl (C=O) groups is 1. The van der Waals surface area contributed by atoms with Gasteiger partial charge >= 0.3 is 0 Å². The molecule has 1 aromatic heterocycles. The fourth-order valence-electron chi connectivity index (χ4n) is 5.37. The number of amides is 1. The fraction of sp³-hybridized carbons (Fsp3) is 0.310. The lowest BCUT2D eigenvalue weighted by atomic mass is 9.95. The average molecular weight is 454 g/mol. The van der Waals surface area contributed by atoms with Crippen LogP contribution in [0.5, 0.6) is 5.75 Å². The number of carbonyl (C=O) groups excluding carboxylic acids is 1. The number of benzene rings is 3. The second-order valence-corrected chi connectivity index (χ2v) is 9.28. The molecule has 5 rings (SSSR count). The summed E-state index contributed by atoms with van der Waals surface area (Å²) in [6.45, 7) is 6.90. The summed E-state index contributed by atoms with van der Waals surface area (Å²) in [5.41, 5.74) is 7.08. The van der Waals surface area contributed by atoms with Crippen molar-refractivity contribution in [1.29, 1.82) is 0 Å². The minimum Gasteiger partial charge on any atom is -0.497 e. The van der Waals surface area contributed by atoms with E-state index in [1.807, 2.05) is 44.2 Å². The molecule has 1 fully saturated rings. The maximum Gasteiger partial charge on any atom is 0.255 e. The van der Waals surface area contributed by atoms with Crippen molar-refractivity contribution in [2.45, 2.75) is 46.1 Å². The van der Waals surface area contributed by atoms with Gasteiger partial charge in [-0.2, -0.15) is 0 Å². The summed E-state index contributed by atoms with van der Waals surface area (Å²) in [4.78, 5) is 21.1. The van der Waals surface area contributed by atoms with E-state index in [-0.39, 0.29) is 11.9 Å². The maximum absolute atomic E-state index is 14.0. The van der Waals surface area contributed by atoms with E-state index in [1.54, 1.807) is 7.11 Å². The first kappa shape index (κ1) is 22.2. The average Bonchev–Trinajstić information content (AvgIpc) is 3.23. The molecule has 0 radical (unpaired) electrons. The number of methoxy groups -OCH3 is 1. The number of hydrogen-bond acceptors (Lipinski definition) is 3. The lowest BCUT2D eigenvalue weighted by Crippen LogP contribution is -2.40. The Hall–Kier alpha value is -3.60. The summed E-state index contributed by atoms with van der Waals surface area (Å²) < 4.78 is 7.58. The van der Waals surface area contributed by atoms with E-state index in [0.29, 0.717) is 0 Å². The third kappa shape index (κ3) is 3.85. The normalized spacial score (nSPS) is 16.1. The Kier molecular flexibility index (Phi) is 5.86. The molecular formula is C29H31N3O2. The first-order chi connectivity index (χ1) is 16.5. The Morgan fingerprint density at radius 3 is 2.38 bits per heavy atom. The van der Waals surface area contributed by atoms with Gasteiger partial charge in [0.1, 0.15) is 11.6 Å². The molecule has 5 nitrogen and oxygen atoms in total. The van der Waals surface area contributed by atoms with Crippen LogP contribution >= 0.6 is 0 Å². The van der Waals surface area contributed by atoms with Crippen LogP contribution in [-0.4, -0.2) is 34.0 Å². The highest BCUT2D eigenvalue weighted by Crippen LogP contribution is 2.36. The van der Waals surface area contributed by atoms with Crippen molar-refractivity contribution < 1.29 is 9.53 Å². The van der Waals surface area contributed by atoms with Crippen LogP contribution in [0.3, 0.4) is 0 Å². The summed E-state index contributed by atoms with van der Waals surface area (Å²) in [6.07, 6.45) is 2.98. The topological polar surface area (TPSA) is 47.4 Å². The quantitative estimate of drug-likeness (QED) is 0.363. The summed E-state index contributed by atoms with van der Waals surface area (Å²) in [6, 6.07) is 20.4. The number of aryl methyl sites for hydroxylation is 3. The third-order valence-corrected chi connectivity index (χ3v) is 6.87. The standard InChI is InChI=1S/C29H31N3O2/c1-19-17-20(2)27(21(3)18-19)29(33)31-16-8-7-11-26(31)28-30-24-9-5-6-10-25(24)32(28)22-12-14-23(34-4)15-13-22/h5-6,9-10,12-15,17-18,26H,7-8,11,16H2,1-4H3/t26-/m1/s1. The number of para-hydroxylation sites is 2. The molecule has 1 amide bonds. The Labute approximate surface area is 201 Å². The highest BCUT2D eigenvalue weighted by molar-refractivity contribution is 5.97. The number of piperidine rings is 1. The zero-order chi connectivity index (χ0) is 23.8. The maximum atomic E-state index is 14.0. The molecule has 1 atom stereocenters. The number of hydrogen-bond donors (Lipinski definition) is 0. The van der Waals surface area contributed by atoms with Crippen molar-refractivity contribution in [2.75, 3.05) is 13.7 Å². The molecule has 0 unspecified atom stereocenters. The Morgan fingerprint density at radius 2 is 1.68 bits per heavy atom. The highest BCUT2D eigenvalue weighted by atomic mass is 16.5. The number of rotatable bonds is 4. The van der Waals surface area contributed by atoms with E-state index >= 15 is 0 Å². The summed E-state index contributed by atoms with van der Waals surface area (Å²) in [5, 5.41) is 0. The van der Waals surface area contributed by atoms with Crippen molar-refractivity contribution in [3.8, 4) is 11.4 Å². The molecule has 174 valence electrons. The Morgan fingerprint density at radius 1 is 0.971 bits per heavy atom. The fourth-order valence-corrected chi connectivity index (χ4v) is 5.37. The van der Waals surface area contributed by atoms with Crippen LogP contribution in [0.25, 0.3) is 16.7 Å². The van der Waals surface area contributed by atoms with Gasteiger partial charge in [-0.05, 0) is 87.6 Å². The van der Waals surface area contributed by atoms with Gasteiger partial charge in [0.05, 0.1) is 24.2 Å². The third-order valence-electron chi connectivity index (χ3n) is 6.87. The molecule has 0 N–H and O–H groups in total. The van der Waals surface area contributed by atoms with Crippen molar-refractivity contribution in [2.24, 2.45) is 0 Å². The van der Waals surface area contributed by atoms with E-state index in [4.69, 9.17) is 9.72 Å². The van der Waals surface area contributed by atoms with Crippen LogP contribution in [0, 0.1) is 20.8 Å². The number of imidazole rings is 1. The Bertz CT molecular complexity index is 1330. The van der Waals surface area contributed by atoms with E-state index in [1.165, 1.54) is 5.56 Å². The molecule has 0 bridgehead atoms. The SMILES string of the molecule is COc1ccc(-n2c([C@H]3CCCCN3C(=O)c3c(C)cc(C)cc3C)nc3ccccc32)cc1. The molecule has 3 aromatic carbocycles.